The molecule has 23 heavy (non-hydrogen) atoms. The Hall–Kier alpha value is -1.37. The molecule has 1 saturated heterocycles. The summed E-state index contributed by atoms with van der Waals surface area (Å²) in [6.45, 7) is 3.38. The van der Waals surface area contributed by atoms with Crippen LogP contribution in [-0.4, -0.2) is 18.8 Å². The minimum absolute atomic E-state index is 0.0594. The van der Waals surface area contributed by atoms with Crippen molar-refractivity contribution in [3.63, 3.8) is 0 Å². The molecular weight excluding hydrogens is 319 g/mol. The van der Waals surface area contributed by atoms with Crippen LogP contribution in [-0.2, 0) is 4.74 Å². The number of ether oxygens (including phenoxy) is 2. The summed E-state index contributed by atoms with van der Waals surface area (Å²) in [6, 6.07) is 2.06. The van der Waals surface area contributed by atoms with E-state index in [0.29, 0.717) is 6.42 Å². The van der Waals surface area contributed by atoms with Crippen LogP contribution in [0.4, 0.5) is 22.0 Å². The van der Waals surface area contributed by atoms with E-state index in [4.69, 9.17) is 4.74 Å². The van der Waals surface area contributed by atoms with Crippen LogP contribution in [0.15, 0.2) is 12.1 Å². The maximum atomic E-state index is 14.2. The van der Waals surface area contributed by atoms with E-state index in [9.17, 15) is 22.0 Å². The summed E-state index contributed by atoms with van der Waals surface area (Å²) in [5, 5.41) is 0. The van der Waals surface area contributed by atoms with Gasteiger partial charge >= 0.3 is 6.11 Å². The third-order valence-electron chi connectivity index (χ3n) is 4.12. The molecule has 0 amide bonds. The molecule has 1 heterocycles. The molecule has 1 fully saturated rings. The molecule has 2 unspecified atom stereocenters. The molecule has 1 aromatic rings. The van der Waals surface area contributed by atoms with E-state index in [1.807, 2.05) is 6.92 Å². The van der Waals surface area contributed by atoms with Crippen molar-refractivity contribution >= 4 is 0 Å². The number of hydrogen-bond donors (Lipinski definition) is 0. The molecule has 0 N–H and O–H groups in total. The van der Waals surface area contributed by atoms with Crippen molar-refractivity contribution in [2.75, 3.05) is 6.61 Å². The molecule has 2 nitrogen and oxygen atoms in total. The van der Waals surface area contributed by atoms with E-state index in [2.05, 4.69) is 4.74 Å². The number of rotatable bonds is 5. The second-order valence-corrected chi connectivity index (χ2v) is 5.75. The number of benzene rings is 1. The number of hydrogen-bond acceptors (Lipinski definition) is 2. The maximum absolute atomic E-state index is 14.2. The Morgan fingerprint density at radius 3 is 2.52 bits per heavy atom. The summed E-state index contributed by atoms with van der Waals surface area (Å²) in [5.74, 6) is -1.88. The smallest absolute Gasteiger partial charge is 0.424 e. The van der Waals surface area contributed by atoms with Crippen molar-refractivity contribution in [1.29, 1.82) is 0 Å². The summed E-state index contributed by atoms with van der Waals surface area (Å²) < 4.78 is 77.7. The standard InChI is InChI=1S/C16H19F5O2/c1-3-10-5-7-12(22-8-10)16(20,21)23-11-6-4-9(2)14(17)13(11)15(18)19/h4,6,10,12,15H,3,5,7-8H2,1-2H3. The lowest BCUT2D eigenvalue weighted by molar-refractivity contribution is -0.265. The van der Waals surface area contributed by atoms with Gasteiger partial charge in [0.25, 0.3) is 6.43 Å². The van der Waals surface area contributed by atoms with Crippen LogP contribution in [0.3, 0.4) is 0 Å². The predicted molar refractivity (Wildman–Crippen MR) is 74.4 cm³/mol. The molecule has 7 heteroatoms. The van der Waals surface area contributed by atoms with Gasteiger partial charge < -0.3 is 9.47 Å². The average Bonchev–Trinajstić information content (AvgIpc) is 2.50. The Bertz CT molecular complexity index is 540. The van der Waals surface area contributed by atoms with Crippen LogP contribution in [0.5, 0.6) is 5.75 Å². The third kappa shape index (κ3) is 3.94. The van der Waals surface area contributed by atoms with Gasteiger partial charge in [0.15, 0.2) is 6.10 Å². The highest BCUT2D eigenvalue weighted by Gasteiger charge is 2.46. The van der Waals surface area contributed by atoms with Crippen molar-refractivity contribution in [2.24, 2.45) is 5.92 Å². The summed E-state index contributed by atoms with van der Waals surface area (Å²) in [4.78, 5) is 0. The van der Waals surface area contributed by atoms with E-state index in [0.717, 1.165) is 18.6 Å². The van der Waals surface area contributed by atoms with Crippen molar-refractivity contribution in [2.45, 2.75) is 51.7 Å². The number of halogens is 5. The minimum atomic E-state index is -3.80. The lowest BCUT2D eigenvalue weighted by Gasteiger charge is -2.33. The topological polar surface area (TPSA) is 18.5 Å². The first-order valence-electron chi connectivity index (χ1n) is 7.51. The van der Waals surface area contributed by atoms with Crippen LogP contribution in [0, 0.1) is 18.7 Å². The first-order chi connectivity index (χ1) is 10.8. The summed E-state index contributed by atoms with van der Waals surface area (Å²) in [7, 11) is 0. The van der Waals surface area contributed by atoms with E-state index >= 15 is 0 Å². The fourth-order valence-corrected chi connectivity index (χ4v) is 2.58. The van der Waals surface area contributed by atoms with Gasteiger partial charge in [-0.05, 0) is 37.3 Å². The highest BCUT2D eigenvalue weighted by molar-refractivity contribution is 5.39. The van der Waals surface area contributed by atoms with Crippen LogP contribution in [0.2, 0.25) is 0 Å². The summed E-state index contributed by atoms with van der Waals surface area (Å²) >= 11 is 0. The quantitative estimate of drug-likeness (QED) is 0.683. The fourth-order valence-electron chi connectivity index (χ4n) is 2.58. The fraction of sp³-hybridized carbons (Fsp3) is 0.625. The van der Waals surface area contributed by atoms with Crippen molar-refractivity contribution in [1.82, 2.24) is 0 Å². The maximum Gasteiger partial charge on any atom is 0.424 e. The van der Waals surface area contributed by atoms with E-state index < -0.39 is 35.8 Å². The molecule has 2 atom stereocenters. The molecule has 0 aliphatic carbocycles. The zero-order chi connectivity index (χ0) is 17.2. The monoisotopic (exact) mass is 338 g/mol. The van der Waals surface area contributed by atoms with Crippen molar-refractivity contribution in [3.8, 4) is 5.75 Å². The number of alkyl halides is 4. The van der Waals surface area contributed by atoms with Gasteiger partial charge in [0, 0.05) is 0 Å². The van der Waals surface area contributed by atoms with E-state index in [-0.39, 0.29) is 24.5 Å². The highest BCUT2D eigenvalue weighted by atomic mass is 19.3. The Labute approximate surface area is 131 Å². The first-order valence-corrected chi connectivity index (χ1v) is 7.51. The van der Waals surface area contributed by atoms with Crippen molar-refractivity contribution < 1.29 is 31.4 Å². The first kappa shape index (κ1) is 18.0. The van der Waals surface area contributed by atoms with Gasteiger partial charge in [-0.2, -0.15) is 8.78 Å². The lowest BCUT2D eigenvalue weighted by Crippen LogP contribution is -2.44. The van der Waals surface area contributed by atoms with Gasteiger partial charge in [-0.25, -0.2) is 13.2 Å². The van der Waals surface area contributed by atoms with Gasteiger partial charge in [0.05, 0.1) is 12.2 Å². The van der Waals surface area contributed by atoms with Gasteiger partial charge in [-0.1, -0.05) is 19.4 Å². The predicted octanol–water partition coefficient (Wildman–Crippen LogP) is 5.25. The van der Waals surface area contributed by atoms with Gasteiger partial charge in [0.1, 0.15) is 11.6 Å². The summed E-state index contributed by atoms with van der Waals surface area (Å²) in [6.07, 6.45) is -7.16. The molecule has 2 rings (SSSR count). The molecule has 0 bridgehead atoms. The summed E-state index contributed by atoms with van der Waals surface area (Å²) in [5.41, 5.74) is -1.21. The Morgan fingerprint density at radius 1 is 1.30 bits per heavy atom. The molecule has 0 spiro atoms. The van der Waals surface area contributed by atoms with E-state index in [1.54, 1.807) is 0 Å². The molecule has 0 saturated carbocycles. The molecule has 0 radical (unpaired) electrons. The molecule has 1 aromatic carbocycles. The second kappa shape index (κ2) is 7.03. The van der Waals surface area contributed by atoms with Crippen LogP contribution in [0.25, 0.3) is 0 Å². The normalized spacial score (nSPS) is 22.4. The third-order valence-corrected chi connectivity index (χ3v) is 4.12. The van der Waals surface area contributed by atoms with Crippen LogP contribution >= 0.6 is 0 Å². The second-order valence-electron chi connectivity index (χ2n) is 5.75. The SMILES string of the molecule is CCC1CCC(C(F)(F)Oc2ccc(C)c(F)c2C(F)F)OC1. The largest absolute Gasteiger partial charge is 0.430 e. The molecule has 1 aliphatic rings. The zero-order valence-corrected chi connectivity index (χ0v) is 12.9. The van der Waals surface area contributed by atoms with Crippen molar-refractivity contribution in [3.05, 3.63) is 29.1 Å². The van der Waals surface area contributed by atoms with Crippen LogP contribution in [0.1, 0.15) is 43.7 Å². The zero-order valence-electron chi connectivity index (χ0n) is 12.9. The van der Waals surface area contributed by atoms with Gasteiger partial charge in [0.2, 0.25) is 0 Å². The Kier molecular flexibility index (Phi) is 5.49. The Balaban J connectivity index is 2.19. The molecular formula is C16H19F5O2. The molecule has 0 aromatic heterocycles. The van der Waals surface area contributed by atoms with Crippen LogP contribution < -0.4 is 4.74 Å². The van der Waals surface area contributed by atoms with E-state index in [1.165, 1.54) is 6.92 Å². The molecule has 1 aliphatic heterocycles. The van der Waals surface area contributed by atoms with Gasteiger partial charge in [-0.15, -0.1) is 0 Å². The highest BCUT2D eigenvalue weighted by Crippen LogP contribution is 2.39. The average molecular weight is 338 g/mol. The molecule has 130 valence electrons. The lowest BCUT2D eigenvalue weighted by atomic mass is 9.96. The minimum Gasteiger partial charge on any atom is -0.430 e. The van der Waals surface area contributed by atoms with Gasteiger partial charge in [-0.3, -0.25) is 0 Å². The number of aryl methyl sites for hydroxylation is 1. The Morgan fingerprint density at radius 2 is 2.00 bits per heavy atom.